The van der Waals surface area contributed by atoms with Crippen LogP contribution in [0.1, 0.15) is 0 Å². The van der Waals surface area contributed by atoms with E-state index < -0.39 is 21.1 Å². The summed E-state index contributed by atoms with van der Waals surface area (Å²) in [5, 5.41) is 7.77. The molecule has 0 aliphatic carbocycles. The first kappa shape index (κ1) is 12.2. The summed E-state index contributed by atoms with van der Waals surface area (Å²) >= 11 is 5.75. The Morgan fingerprint density at radius 2 is 2.18 bits per heavy atom. The highest BCUT2D eigenvalue weighted by molar-refractivity contribution is 7.93. The van der Waals surface area contributed by atoms with E-state index in [1.54, 1.807) is 24.1 Å². The van der Waals surface area contributed by atoms with E-state index >= 15 is 0 Å². The minimum absolute atomic E-state index is 0.0221. The van der Waals surface area contributed by atoms with Crippen molar-refractivity contribution in [3.8, 4) is 0 Å². The normalized spacial score (nSPS) is 22.0. The van der Waals surface area contributed by atoms with Crippen LogP contribution in [0.5, 0.6) is 0 Å². The molecular formula is C10H10ClNO4S. The monoisotopic (exact) mass is 275 g/mol. The first-order valence-corrected chi connectivity index (χ1v) is 6.74. The number of halogens is 1. The van der Waals surface area contributed by atoms with Crippen molar-refractivity contribution in [3.63, 3.8) is 0 Å². The predicted molar refractivity (Wildman–Crippen MR) is 63.3 cm³/mol. The Balaban J connectivity index is 2.69. The van der Waals surface area contributed by atoms with E-state index in [1.807, 2.05) is 0 Å². The van der Waals surface area contributed by atoms with Crippen molar-refractivity contribution >= 4 is 33.1 Å². The zero-order valence-electron chi connectivity index (χ0n) is 8.92. The van der Waals surface area contributed by atoms with Crippen molar-refractivity contribution < 1.29 is 18.3 Å². The fourth-order valence-corrected chi connectivity index (χ4v) is 3.88. The molecule has 1 aromatic rings. The Morgan fingerprint density at radius 3 is 2.76 bits per heavy atom. The van der Waals surface area contributed by atoms with Crippen molar-refractivity contribution in [1.82, 2.24) is 0 Å². The average Bonchev–Trinajstić information content (AvgIpc) is 2.23. The van der Waals surface area contributed by atoms with Gasteiger partial charge in [0.25, 0.3) is 0 Å². The third-order valence-corrected chi connectivity index (χ3v) is 5.00. The van der Waals surface area contributed by atoms with Crippen molar-refractivity contribution in [2.75, 3.05) is 18.5 Å². The van der Waals surface area contributed by atoms with Crippen LogP contribution in [-0.4, -0.2) is 38.3 Å². The fourth-order valence-electron chi connectivity index (χ4n) is 1.84. The van der Waals surface area contributed by atoms with Crippen molar-refractivity contribution in [3.05, 3.63) is 23.2 Å². The zero-order chi connectivity index (χ0) is 12.8. The topological polar surface area (TPSA) is 74.7 Å². The highest BCUT2D eigenvalue weighted by Crippen LogP contribution is 2.34. The summed E-state index contributed by atoms with van der Waals surface area (Å²) in [5.74, 6) is -1.34. The Morgan fingerprint density at radius 1 is 1.53 bits per heavy atom. The maximum absolute atomic E-state index is 12.1. The van der Waals surface area contributed by atoms with Gasteiger partial charge in [-0.15, -0.1) is 0 Å². The Labute approximate surface area is 104 Å². The number of anilines is 1. The van der Waals surface area contributed by atoms with E-state index in [-0.39, 0.29) is 16.5 Å². The van der Waals surface area contributed by atoms with E-state index in [4.69, 9.17) is 16.7 Å². The van der Waals surface area contributed by atoms with Gasteiger partial charge < -0.3 is 10.0 Å². The molecule has 1 aliphatic rings. The second-order valence-corrected chi connectivity index (χ2v) is 6.40. The van der Waals surface area contributed by atoms with Crippen LogP contribution in [0.2, 0.25) is 5.02 Å². The summed E-state index contributed by atoms with van der Waals surface area (Å²) in [7, 11) is -2.21. The summed E-state index contributed by atoms with van der Waals surface area (Å²) in [5.41, 5.74) is 0.479. The molecule has 1 aromatic carbocycles. The first-order chi connectivity index (χ1) is 7.84. The number of fused-ring (bicyclic) bond motifs is 1. The molecule has 0 bridgehead atoms. The molecule has 17 heavy (non-hydrogen) atoms. The number of benzene rings is 1. The van der Waals surface area contributed by atoms with Crippen LogP contribution in [-0.2, 0) is 14.6 Å². The standard InChI is InChI=1S/C10H10ClNO4S/c1-12-5-9(10(13)14)17(15,16)8-4-6(11)2-3-7(8)12/h2-4,9H,5H2,1H3,(H,13,14). The molecule has 0 saturated heterocycles. The van der Waals surface area contributed by atoms with Gasteiger partial charge in [-0.25, -0.2) is 8.42 Å². The lowest BCUT2D eigenvalue weighted by Crippen LogP contribution is -2.45. The van der Waals surface area contributed by atoms with E-state index in [0.717, 1.165) is 0 Å². The molecular weight excluding hydrogens is 266 g/mol. The summed E-state index contributed by atoms with van der Waals surface area (Å²) in [6.07, 6.45) is 0. The van der Waals surface area contributed by atoms with Gasteiger partial charge in [0.15, 0.2) is 15.1 Å². The van der Waals surface area contributed by atoms with Gasteiger partial charge in [-0.3, -0.25) is 4.79 Å². The summed E-state index contributed by atoms with van der Waals surface area (Å²) < 4.78 is 24.2. The van der Waals surface area contributed by atoms with Crippen LogP contribution in [0.4, 0.5) is 5.69 Å². The molecule has 2 rings (SSSR count). The number of hydrogen-bond donors (Lipinski definition) is 1. The first-order valence-electron chi connectivity index (χ1n) is 4.81. The SMILES string of the molecule is CN1CC(C(=O)O)S(=O)(=O)c2cc(Cl)ccc21. The van der Waals surface area contributed by atoms with Gasteiger partial charge in [0.2, 0.25) is 0 Å². The minimum atomic E-state index is -3.86. The van der Waals surface area contributed by atoms with E-state index in [1.165, 1.54) is 6.07 Å². The highest BCUT2D eigenvalue weighted by Gasteiger charge is 2.41. The molecule has 0 fully saturated rings. The van der Waals surface area contributed by atoms with Gasteiger partial charge in [-0.2, -0.15) is 0 Å². The van der Waals surface area contributed by atoms with Crippen LogP contribution in [0.15, 0.2) is 23.1 Å². The highest BCUT2D eigenvalue weighted by atomic mass is 35.5. The average molecular weight is 276 g/mol. The molecule has 1 atom stereocenters. The second kappa shape index (κ2) is 3.89. The van der Waals surface area contributed by atoms with Crippen LogP contribution in [0.3, 0.4) is 0 Å². The zero-order valence-corrected chi connectivity index (χ0v) is 10.5. The second-order valence-electron chi connectivity index (χ2n) is 3.86. The van der Waals surface area contributed by atoms with Crippen LogP contribution in [0, 0.1) is 0 Å². The Bertz CT molecular complexity index is 584. The van der Waals surface area contributed by atoms with Crippen LogP contribution in [0.25, 0.3) is 0 Å². The molecule has 7 heteroatoms. The number of carbonyl (C=O) groups is 1. The third-order valence-electron chi connectivity index (χ3n) is 2.73. The Hall–Kier alpha value is -1.27. The van der Waals surface area contributed by atoms with Gasteiger partial charge in [0.1, 0.15) is 0 Å². The van der Waals surface area contributed by atoms with Gasteiger partial charge in [0.05, 0.1) is 10.6 Å². The molecule has 0 radical (unpaired) electrons. The molecule has 0 amide bonds. The molecule has 0 spiro atoms. The van der Waals surface area contributed by atoms with Crippen molar-refractivity contribution in [2.45, 2.75) is 10.1 Å². The van der Waals surface area contributed by atoms with Gasteiger partial charge in [-0.1, -0.05) is 11.6 Å². The predicted octanol–water partition coefficient (Wildman–Crippen LogP) is 1.02. The summed E-state index contributed by atoms with van der Waals surface area (Å²) in [4.78, 5) is 12.6. The van der Waals surface area contributed by atoms with Crippen LogP contribution < -0.4 is 4.90 Å². The smallest absolute Gasteiger partial charge is 0.324 e. The lowest BCUT2D eigenvalue weighted by Gasteiger charge is -2.31. The lowest BCUT2D eigenvalue weighted by atomic mass is 10.2. The number of hydrogen-bond acceptors (Lipinski definition) is 4. The van der Waals surface area contributed by atoms with Gasteiger partial charge in [0, 0.05) is 18.6 Å². The fraction of sp³-hybridized carbons (Fsp3) is 0.300. The quantitative estimate of drug-likeness (QED) is 0.828. The maximum atomic E-state index is 12.1. The van der Waals surface area contributed by atoms with Crippen molar-refractivity contribution in [2.24, 2.45) is 0 Å². The molecule has 1 N–H and O–H groups in total. The number of carboxylic acid groups (broad SMARTS) is 1. The number of carboxylic acids is 1. The van der Waals surface area contributed by atoms with Crippen LogP contribution >= 0.6 is 11.6 Å². The van der Waals surface area contributed by atoms with E-state index in [0.29, 0.717) is 5.69 Å². The summed E-state index contributed by atoms with van der Waals surface area (Å²) in [6.45, 7) is -0.0632. The third kappa shape index (κ3) is 1.87. The molecule has 5 nitrogen and oxygen atoms in total. The molecule has 0 aromatic heterocycles. The number of rotatable bonds is 1. The van der Waals surface area contributed by atoms with Gasteiger partial charge in [-0.05, 0) is 18.2 Å². The lowest BCUT2D eigenvalue weighted by molar-refractivity contribution is -0.136. The number of aliphatic carboxylic acids is 1. The van der Waals surface area contributed by atoms with Crippen molar-refractivity contribution in [1.29, 1.82) is 0 Å². The minimum Gasteiger partial charge on any atom is -0.480 e. The molecule has 1 unspecified atom stereocenters. The largest absolute Gasteiger partial charge is 0.480 e. The molecule has 0 saturated carbocycles. The van der Waals surface area contributed by atoms with E-state index in [2.05, 4.69) is 0 Å². The number of nitrogens with zero attached hydrogens (tertiary/aromatic N) is 1. The Kier molecular flexibility index (Phi) is 2.79. The maximum Gasteiger partial charge on any atom is 0.324 e. The van der Waals surface area contributed by atoms with E-state index in [9.17, 15) is 13.2 Å². The molecule has 92 valence electrons. The molecule has 1 heterocycles. The molecule has 1 aliphatic heterocycles. The summed E-state index contributed by atoms with van der Waals surface area (Å²) in [6, 6.07) is 4.44. The number of sulfone groups is 1. The van der Waals surface area contributed by atoms with Gasteiger partial charge >= 0.3 is 5.97 Å².